The number of hydrogen-bond donors (Lipinski definition) is 1. The lowest BCUT2D eigenvalue weighted by Crippen LogP contribution is -2.32. The first-order chi connectivity index (χ1) is 9.60. The number of rotatable bonds is 6. The van der Waals surface area contributed by atoms with Gasteiger partial charge in [-0.1, -0.05) is 6.07 Å². The van der Waals surface area contributed by atoms with Crippen molar-refractivity contribution in [3.63, 3.8) is 0 Å². The Hall–Kier alpha value is -1.89. The normalized spacial score (nSPS) is 12.2. The summed E-state index contributed by atoms with van der Waals surface area (Å²) in [5.41, 5.74) is 5.70. The summed E-state index contributed by atoms with van der Waals surface area (Å²) in [6, 6.07) is 4.71. The van der Waals surface area contributed by atoms with Gasteiger partial charge in [-0.3, -0.25) is 0 Å². The topological polar surface area (TPSA) is 77.2 Å². The molecule has 0 saturated carbocycles. The molecule has 2 rings (SSSR count). The minimum atomic E-state index is 0.175. The number of nitrogens with zero attached hydrogens (tertiary/aromatic N) is 4. The summed E-state index contributed by atoms with van der Waals surface area (Å²) in [7, 11) is 1.95. The predicted molar refractivity (Wildman–Crippen MR) is 81.3 cm³/mol. The molecule has 0 radical (unpaired) electrons. The highest BCUT2D eigenvalue weighted by atomic mass is 32.1. The van der Waals surface area contributed by atoms with Gasteiger partial charge in [0.15, 0.2) is 0 Å². The van der Waals surface area contributed by atoms with Crippen molar-refractivity contribution in [2.24, 2.45) is 0 Å². The van der Waals surface area contributed by atoms with Gasteiger partial charge in [-0.05, 0) is 25.3 Å². The van der Waals surface area contributed by atoms with Gasteiger partial charge in [0.2, 0.25) is 11.9 Å². The van der Waals surface area contributed by atoms with Gasteiger partial charge in [-0.2, -0.15) is 15.0 Å². The van der Waals surface area contributed by atoms with E-state index in [0.717, 1.165) is 6.42 Å². The van der Waals surface area contributed by atoms with E-state index in [1.165, 1.54) is 4.88 Å². The first kappa shape index (κ1) is 14.5. The summed E-state index contributed by atoms with van der Waals surface area (Å²) in [6.07, 6.45) is 0.934. The zero-order valence-corrected chi connectivity index (χ0v) is 12.7. The number of thiophene rings is 1. The third-order valence-corrected chi connectivity index (χ3v) is 3.85. The van der Waals surface area contributed by atoms with Crippen LogP contribution in [-0.4, -0.2) is 34.6 Å². The third kappa shape index (κ3) is 3.57. The zero-order chi connectivity index (χ0) is 14.5. The number of anilines is 2. The van der Waals surface area contributed by atoms with Crippen LogP contribution in [0.5, 0.6) is 6.01 Å². The molecular formula is C13H19N5OS. The third-order valence-electron chi connectivity index (χ3n) is 2.95. The predicted octanol–water partition coefficient (Wildman–Crippen LogP) is 1.98. The molecule has 0 aliphatic carbocycles. The highest BCUT2D eigenvalue weighted by molar-refractivity contribution is 7.09. The van der Waals surface area contributed by atoms with Crippen molar-refractivity contribution >= 4 is 23.2 Å². The lowest BCUT2D eigenvalue weighted by Gasteiger charge is -2.24. The fraction of sp³-hybridized carbons (Fsp3) is 0.462. The maximum atomic E-state index is 5.70. The van der Waals surface area contributed by atoms with Gasteiger partial charge in [0.25, 0.3) is 0 Å². The van der Waals surface area contributed by atoms with Crippen LogP contribution in [0.4, 0.5) is 11.9 Å². The number of ether oxygens (including phenoxy) is 1. The van der Waals surface area contributed by atoms with Crippen molar-refractivity contribution in [3.05, 3.63) is 22.4 Å². The van der Waals surface area contributed by atoms with Crippen molar-refractivity contribution in [1.29, 1.82) is 0 Å². The number of likely N-dealkylation sites (N-methyl/N-ethyl adjacent to an activating group) is 1. The minimum Gasteiger partial charge on any atom is -0.464 e. The molecule has 2 aromatic heterocycles. The van der Waals surface area contributed by atoms with Gasteiger partial charge in [0.05, 0.1) is 6.61 Å². The molecule has 2 N–H and O–H groups in total. The number of hydrogen-bond acceptors (Lipinski definition) is 7. The Kier molecular flexibility index (Phi) is 4.73. The average Bonchev–Trinajstić information content (AvgIpc) is 2.90. The first-order valence-electron chi connectivity index (χ1n) is 6.49. The standard InChI is InChI=1S/C13H19N5OS/c1-4-19-13-16-11(14)15-12(17-13)18(3)9(2)8-10-6-5-7-20-10/h5-7,9H,4,8H2,1-3H3,(H2,14,15,16,17). The Labute approximate surface area is 122 Å². The van der Waals surface area contributed by atoms with Crippen LogP contribution in [0, 0.1) is 0 Å². The maximum absolute atomic E-state index is 5.70. The van der Waals surface area contributed by atoms with Crippen LogP contribution in [0.3, 0.4) is 0 Å². The highest BCUT2D eigenvalue weighted by Gasteiger charge is 2.16. The van der Waals surface area contributed by atoms with E-state index in [0.29, 0.717) is 12.6 Å². The molecular weight excluding hydrogens is 274 g/mol. The zero-order valence-electron chi connectivity index (χ0n) is 11.9. The van der Waals surface area contributed by atoms with Crippen LogP contribution in [0.15, 0.2) is 17.5 Å². The lowest BCUT2D eigenvalue weighted by molar-refractivity contribution is 0.312. The first-order valence-corrected chi connectivity index (χ1v) is 7.37. The van der Waals surface area contributed by atoms with E-state index >= 15 is 0 Å². The van der Waals surface area contributed by atoms with E-state index in [-0.39, 0.29) is 18.0 Å². The summed E-state index contributed by atoms with van der Waals surface area (Å²) in [4.78, 5) is 15.7. The molecule has 108 valence electrons. The fourth-order valence-electron chi connectivity index (χ4n) is 1.77. The molecule has 2 heterocycles. The summed E-state index contributed by atoms with van der Waals surface area (Å²) in [6.45, 7) is 4.50. The van der Waals surface area contributed by atoms with Crippen molar-refractivity contribution < 1.29 is 4.74 Å². The van der Waals surface area contributed by atoms with Crippen LogP contribution >= 0.6 is 11.3 Å². The van der Waals surface area contributed by atoms with Gasteiger partial charge >= 0.3 is 6.01 Å². The number of nitrogen functional groups attached to an aromatic ring is 1. The molecule has 6 nitrogen and oxygen atoms in total. The van der Waals surface area contributed by atoms with E-state index in [9.17, 15) is 0 Å². The quantitative estimate of drug-likeness (QED) is 0.877. The summed E-state index contributed by atoms with van der Waals surface area (Å²) >= 11 is 1.75. The van der Waals surface area contributed by atoms with Crippen LogP contribution in [0.25, 0.3) is 0 Å². The number of nitrogens with two attached hydrogens (primary N) is 1. The highest BCUT2D eigenvalue weighted by Crippen LogP contribution is 2.18. The molecule has 2 aromatic rings. The van der Waals surface area contributed by atoms with E-state index in [1.807, 2.05) is 18.9 Å². The van der Waals surface area contributed by atoms with Crippen LogP contribution in [-0.2, 0) is 6.42 Å². The number of aromatic nitrogens is 3. The van der Waals surface area contributed by atoms with Crippen LogP contribution < -0.4 is 15.4 Å². The average molecular weight is 293 g/mol. The molecule has 0 bridgehead atoms. The van der Waals surface area contributed by atoms with Gasteiger partial charge in [0.1, 0.15) is 0 Å². The van der Waals surface area contributed by atoms with Crippen molar-refractivity contribution in [2.45, 2.75) is 26.3 Å². The Morgan fingerprint density at radius 3 is 2.85 bits per heavy atom. The SMILES string of the molecule is CCOc1nc(N)nc(N(C)C(C)Cc2cccs2)n1. The van der Waals surface area contributed by atoms with Crippen molar-refractivity contribution in [3.8, 4) is 6.01 Å². The maximum Gasteiger partial charge on any atom is 0.323 e. The molecule has 0 spiro atoms. The molecule has 0 amide bonds. The Bertz CT molecular complexity index is 546. The Balaban J connectivity index is 2.13. The van der Waals surface area contributed by atoms with Gasteiger partial charge in [-0.25, -0.2) is 0 Å². The second-order valence-electron chi connectivity index (χ2n) is 4.45. The van der Waals surface area contributed by atoms with Crippen LogP contribution in [0.2, 0.25) is 0 Å². The molecule has 0 fully saturated rings. The monoisotopic (exact) mass is 293 g/mol. The van der Waals surface area contributed by atoms with Crippen LogP contribution in [0.1, 0.15) is 18.7 Å². The molecule has 7 heteroatoms. The van der Waals surface area contributed by atoms with E-state index < -0.39 is 0 Å². The molecule has 1 atom stereocenters. The summed E-state index contributed by atoms with van der Waals surface area (Å²) < 4.78 is 5.30. The molecule has 1 unspecified atom stereocenters. The summed E-state index contributed by atoms with van der Waals surface area (Å²) in [5.74, 6) is 0.707. The molecule has 0 aliphatic heterocycles. The second-order valence-corrected chi connectivity index (χ2v) is 5.48. The Morgan fingerprint density at radius 1 is 1.40 bits per heavy atom. The van der Waals surface area contributed by atoms with Crippen molar-refractivity contribution in [1.82, 2.24) is 15.0 Å². The molecule has 20 heavy (non-hydrogen) atoms. The van der Waals surface area contributed by atoms with Crippen molar-refractivity contribution in [2.75, 3.05) is 24.3 Å². The second kappa shape index (κ2) is 6.51. The van der Waals surface area contributed by atoms with E-state index in [1.54, 1.807) is 11.3 Å². The lowest BCUT2D eigenvalue weighted by atomic mass is 10.2. The molecule has 0 aromatic carbocycles. The van der Waals surface area contributed by atoms with Gasteiger partial charge < -0.3 is 15.4 Å². The van der Waals surface area contributed by atoms with Gasteiger partial charge in [-0.15, -0.1) is 11.3 Å². The van der Waals surface area contributed by atoms with E-state index in [4.69, 9.17) is 10.5 Å². The molecule has 0 aliphatic rings. The minimum absolute atomic E-state index is 0.175. The molecule has 0 saturated heterocycles. The fourth-order valence-corrected chi connectivity index (χ4v) is 2.59. The Morgan fingerprint density at radius 2 is 2.20 bits per heavy atom. The summed E-state index contributed by atoms with van der Waals surface area (Å²) in [5, 5.41) is 2.08. The largest absolute Gasteiger partial charge is 0.464 e. The van der Waals surface area contributed by atoms with Gasteiger partial charge in [0, 0.05) is 24.4 Å². The van der Waals surface area contributed by atoms with E-state index in [2.05, 4.69) is 39.4 Å². The smallest absolute Gasteiger partial charge is 0.323 e.